The lowest BCUT2D eigenvalue weighted by atomic mass is 9.58. The molecule has 1 saturated carbocycles. The van der Waals surface area contributed by atoms with Crippen molar-refractivity contribution < 1.29 is 24.4 Å². The molecule has 5 aliphatic rings. The molecule has 8 atom stereocenters. The van der Waals surface area contributed by atoms with Gasteiger partial charge in [-0.15, -0.1) is 0 Å². The lowest BCUT2D eigenvalue weighted by Gasteiger charge is -2.59. The predicted octanol–water partition coefficient (Wildman–Crippen LogP) is 2.19. The normalized spacial score (nSPS) is 61.8. The van der Waals surface area contributed by atoms with E-state index in [1.54, 1.807) is 0 Å². The van der Waals surface area contributed by atoms with Crippen LogP contribution in [-0.4, -0.2) is 29.1 Å². The van der Waals surface area contributed by atoms with E-state index in [4.69, 9.17) is 19.2 Å². The summed E-state index contributed by atoms with van der Waals surface area (Å²) in [4.78, 5) is 11.6. The number of rotatable bonds is 0. The highest BCUT2D eigenvalue weighted by Crippen LogP contribution is 2.60. The minimum atomic E-state index is -0.781. The number of aliphatic hydroxyl groups excluding tert-OH is 1. The van der Waals surface area contributed by atoms with Crippen molar-refractivity contribution in [2.45, 2.75) is 70.4 Å². The van der Waals surface area contributed by atoms with E-state index in [0.29, 0.717) is 11.8 Å². The number of aliphatic hydroxyl groups is 1. The van der Waals surface area contributed by atoms with Crippen molar-refractivity contribution in [1.82, 2.24) is 0 Å². The summed E-state index contributed by atoms with van der Waals surface area (Å²) in [6, 6.07) is 0. The van der Waals surface area contributed by atoms with E-state index in [1.165, 1.54) is 6.42 Å². The van der Waals surface area contributed by atoms with Crippen LogP contribution in [0.25, 0.3) is 0 Å². The lowest BCUT2D eigenvalue weighted by molar-refractivity contribution is -0.576. The molecule has 0 aromatic rings. The first-order valence-electron chi connectivity index (χ1n) is 7.84. The summed E-state index contributed by atoms with van der Waals surface area (Å²) in [5.74, 6) is 0.437. The molecular formula is C15H24O5. The Morgan fingerprint density at radius 2 is 1.85 bits per heavy atom. The van der Waals surface area contributed by atoms with E-state index >= 15 is 0 Å². The summed E-state index contributed by atoms with van der Waals surface area (Å²) in [6.07, 6.45) is 2.72. The fourth-order valence-electron chi connectivity index (χ4n) is 4.89. The quantitative estimate of drug-likeness (QED) is 0.691. The highest BCUT2D eigenvalue weighted by molar-refractivity contribution is 5.08. The minimum absolute atomic E-state index is 0.0379. The van der Waals surface area contributed by atoms with Gasteiger partial charge >= 0.3 is 0 Å². The standard InChI is InChI=1S/C15H24O5/c1-8-4-5-11-9(2)12(16)17-13-15(11)10(8)6-7-14(3,18-13)19-20-15/h8-13,16H,4-7H2,1-3H3/t8-,9-,10-,11-,12-,13-,14-,15-/m1/s1. The van der Waals surface area contributed by atoms with Gasteiger partial charge in [-0.1, -0.05) is 13.8 Å². The van der Waals surface area contributed by atoms with Gasteiger partial charge in [-0.2, -0.15) is 0 Å². The van der Waals surface area contributed by atoms with Gasteiger partial charge in [0.2, 0.25) is 5.79 Å². The molecule has 0 aromatic heterocycles. The van der Waals surface area contributed by atoms with Gasteiger partial charge in [-0.25, -0.2) is 9.78 Å². The SMILES string of the molecule is C[C@H]1[C@H](O)O[C@@H]2O[C@@]3(C)CC[C@@H]4[C@H](C)CC[C@H]1[C@@]24OO3. The van der Waals surface area contributed by atoms with Crippen molar-refractivity contribution >= 4 is 0 Å². The van der Waals surface area contributed by atoms with Crippen LogP contribution < -0.4 is 0 Å². The van der Waals surface area contributed by atoms with Gasteiger partial charge in [-0.05, 0) is 38.0 Å². The van der Waals surface area contributed by atoms with Gasteiger partial charge < -0.3 is 14.6 Å². The lowest BCUT2D eigenvalue weighted by Crippen LogP contribution is -2.70. The smallest absolute Gasteiger partial charge is 0.201 e. The largest absolute Gasteiger partial charge is 0.368 e. The van der Waals surface area contributed by atoms with Crippen molar-refractivity contribution in [1.29, 1.82) is 0 Å². The fraction of sp³-hybridized carbons (Fsp3) is 1.00. The molecule has 5 nitrogen and oxygen atoms in total. The Morgan fingerprint density at radius 3 is 2.65 bits per heavy atom. The van der Waals surface area contributed by atoms with E-state index in [1.807, 2.05) is 13.8 Å². The fourth-order valence-corrected chi connectivity index (χ4v) is 4.89. The van der Waals surface area contributed by atoms with Crippen molar-refractivity contribution in [2.24, 2.45) is 23.7 Å². The molecule has 5 fully saturated rings. The van der Waals surface area contributed by atoms with Crippen LogP contribution in [0.5, 0.6) is 0 Å². The van der Waals surface area contributed by atoms with E-state index in [-0.39, 0.29) is 11.8 Å². The van der Waals surface area contributed by atoms with Gasteiger partial charge in [0.05, 0.1) is 0 Å². The molecule has 2 bridgehead atoms. The summed E-state index contributed by atoms with van der Waals surface area (Å²) >= 11 is 0. The first-order chi connectivity index (χ1) is 9.46. The summed E-state index contributed by atoms with van der Waals surface area (Å²) in [7, 11) is 0. The zero-order valence-electron chi connectivity index (χ0n) is 12.4. The number of hydrogen-bond donors (Lipinski definition) is 1. The van der Waals surface area contributed by atoms with E-state index < -0.39 is 24.0 Å². The Balaban J connectivity index is 1.82. The van der Waals surface area contributed by atoms with Gasteiger partial charge in [0.1, 0.15) is 0 Å². The van der Waals surface area contributed by atoms with Crippen molar-refractivity contribution in [3.8, 4) is 0 Å². The molecule has 5 rings (SSSR count). The Kier molecular flexibility index (Phi) is 2.81. The van der Waals surface area contributed by atoms with Crippen LogP contribution in [0.4, 0.5) is 0 Å². The molecular weight excluding hydrogens is 260 g/mol. The maximum atomic E-state index is 10.2. The third-order valence-electron chi connectivity index (χ3n) is 6.12. The van der Waals surface area contributed by atoms with E-state index in [0.717, 1.165) is 19.3 Å². The van der Waals surface area contributed by atoms with E-state index in [9.17, 15) is 5.11 Å². The van der Waals surface area contributed by atoms with Crippen molar-refractivity contribution in [3.63, 3.8) is 0 Å². The summed E-state index contributed by atoms with van der Waals surface area (Å²) in [5.41, 5.74) is -0.549. The van der Waals surface area contributed by atoms with Gasteiger partial charge in [0.25, 0.3) is 0 Å². The second kappa shape index (κ2) is 4.17. The maximum absolute atomic E-state index is 10.2. The van der Waals surface area contributed by atoms with Crippen molar-refractivity contribution in [3.05, 3.63) is 0 Å². The maximum Gasteiger partial charge on any atom is 0.201 e. The Labute approximate surface area is 119 Å². The van der Waals surface area contributed by atoms with Gasteiger partial charge in [0, 0.05) is 18.3 Å². The van der Waals surface area contributed by atoms with Crippen LogP contribution in [0.3, 0.4) is 0 Å². The Bertz CT molecular complexity index is 411. The molecule has 5 heteroatoms. The second-order valence-corrected chi connectivity index (χ2v) is 7.30. The monoisotopic (exact) mass is 284 g/mol. The molecule has 1 N–H and O–H groups in total. The Morgan fingerprint density at radius 1 is 1.05 bits per heavy atom. The molecule has 4 aliphatic heterocycles. The highest BCUT2D eigenvalue weighted by Gasteiger charge is 2.69. The van der Waals surface area contributed by atoms with Gasteiger partial charge in [0.15, 0.2) is 18.2 Å². The number of ether oxygens (including phenoxy) is 2. The third-order valence-corrected chi connectivity index (χ3v) is 6.12. The van der Waals surface area contributed by atoms with Crippen LogP contribution in [0.1, 0.15) is 46.5 Å². The zero-order valence-corrected chi connectivity index (χ0v) is 12.4. The summed E-state index contributed by atoms with van der Waals surface area (Å²) in [5, 5.41) is 10.2. The zero-order chi connectivity index (χ0) is 14.1. The molecule has 20 heavy (non-hydrogen) atoms. The van der Waals surface area contributed by atoms with Gasteiger partial charge in [-0.3, -0.25) is 0 Å². The van der Waals surface area contributed by atoms with Crippen LogP contribution >= 0.6 is 0 Å². The predicted molar refractivity (Wildman–Crippen MR) is 69.0 cm³/mol. The molecule has 114 valence electrons. The molecule has 1 aliphatic carbocycles. The summed E-state index contributed by atoms with van der Waals surface area (Å²) in [6.45, 7) is 6.22. The molecule has 4 saturated heterocycles. The molecule has 4 heterocycles. The molecule has 0 radical (unpaired) electrons. The molecule has 0 unspecified atom stereocenters. The Hall–Kier alpha value is -0.200. The molecule has 0 aromatic carbocycles. The topological polar surface area (TPSA) is 57.2 Å². The van der Waals surface area contributed by atoms with E-state index in [2.05, 4.69) is 6.92 Å². The van der Waals surface area contributed by atoms with Crippen LogP contribution in [0.2, 0.25) is 0 Å². The number of hydrogen-bond acceptors (Lipinski definition) is 5. The minimum Gasteiger partial charge on any atom is -0.368 e. The summed E-state index contributed by atoms with van der Waals surface area (Å²) < 4.78 is 11.9. The number of fused-ring (bicyclic) bond motifs is 2. The first kappa shape index (κ1) is 13.5. The third kappa shape index (κ3) is 1.56. The van der Waals surface area contributed by atoms with Crippen LogP contribution in [-0.2, 0) is 19.2 Å². The molecule has 1 spiro atoms. The average molecular weight is 284 g/mol. The average Bonchev–Trinajstić information content (AvgIpc) is 2.63. The highest BCUT2D eigenvalue weighted by atomic mass is 17.3. The first-order valence-corrected chi connectivity index (χ1v) is 7.84. The molecule has 0 amide bonds. The van der Waals surface area contributed by atoms with Crippen LogP contribution in [0, 0.1) is 23.7 Å². The second-order valence-electron chi connectivity index (χ2n) is 7.30. The van der Waals surface area contributed by atoms with Crippen LogP contribution in [0.15, 0.2) is 0 Å². The van der Waals surface area contributed by atoms with Crippen molar-refractivity contribution in [2.75, 3.05) is 0 Å².